The minimum absolute atomic E-state index is 0.884. The van der Waals surface area contributed by atoms with Crippen LogP contribution in [-0.2, 0) is 0 Å². The van der Waals surface area contributed by atoms with Crippen LogP contribution >= 0.6 is 0 Å². The van der Waals surface area contributed by atoms with Crippen molar-refractivity contribution < 1.29 is 0 Å². The molecule has 1 heterocycles. The van der Waals surface area contributed by atoms with Gasteiger partial charge in [-0.05, 0) is 38.8 Å². The summed E-state index contributed by atoms with van der Waals surface area (Å²) in [6.45, 7) is 7.43. The first-order valence-electron chi connectivity index (χ1n) is 13.6. The summed E-state index contributed by atoms with van der Waals surface area (Å²) in [6, 6.07) is 0.884. The van der Waals surface area contributed by atoms with E-state index in [0.29, 0.717) is 0 Å². The Bertz CT molecular complexity index is 289. The highest BCUT2D eigenvalue weighted by molar-refractivity contribution is 4.73. The van der Waals surface area contributed by atoms with E-state index < -0.39 is 0 Å². The van der Waals surface area contributed by atoms with Crippen LogP contribution in [0.5, 0.6) is 0 Å². The van der Waals surface area contributed by atoms with Crippen molar-refractivity contribution in [3.8, 4) is 0 Å². The summed E-state index contributed by atoms with van der Waals surface area (Å²) in [4.78, 5) is 2.94. The van der Waals surface area contributed by atoms with E-state index >= 15 is 0 Å². The molecule has 1 saturated heterocycles. The molecule has 1 atom stereocenters. The monoisotopic (exact) mass is 393 g/mol. The Balaban J connectivity index is 2.37. The van der Waals surface area contributed by atoms with Gasteiger partial charge in [-0.3, -0.25) is 0 Å². The van der Waals surface area contributed by atoms with Gasteiger partial charge in [0.25, 0.3) is 0 Å². The molecular formula is C27H55N. The average Bonchev–Trinajstić information content (AvgIpc) is 2.69. The van der Waals surface area contributed by atoms with Crippen molar-refractivity contribution in [3.05, 3.63) is 0 Å². The summed E-state index contributed by atoms with van der Waals surface area (Å²) in [5, 5.41) is 0. The second-order valence-electron chi connectivity index (χ2n) is 9.63. The molecule has 0 amide bonds. The zero-order chi connectivity index (χ0) is 20.1. The van der Waals surface area contributed by atoms with Crippen LogP contribution in [0, 0.1) is 0 Å². The minimum atomic E-state index is 0.884. The number of rotatable bonds is 14. The number of hydrogen-bond acceptors (Lipinski definition) is 1. The molecule has 1 rings (SSSR count). The highest BCUT2D eigenvalue weighted by Gasteiger charge is 2.17. The Morgan fingerprint density at radius 3 is 1.32 bits per heavy atom. The summed E-state index contributed by atoms with van der Waals surface area (Å²) < 4.78 is 0. The molecule has 0 aromatic carbocycles. The van der Waals surface area contributed by atoms with Crippen molar-refractivity contribution in [1.82, 2.24) is 4.90 Å². The summed E-state index contributed by atoms with van der Waals surface area (Å²) in [6.07, 6.45) is 32.1. The Labute approximate surface area is 179 Å². The molecule has 0 aromatic heterocycles. The topological polar surface area (TPSA) is 3.24 Å². The van der Waals surface area contributed by atoms with Crippen molar-refractivity contribution in [2.24, 2.45) is 0 Å². The van der Waals surface area contributed by atoms with Crippen molar-refractivity contribution in [2.75, 3.05) is 13.1 Å². The van der Waals surface area contributed by atoms with E-state index in [-0.39, 0.29) is 0 Å². The molecular weight excluding hydrogens is 338 g/mol. The van der Waals surface area contributed by atoms with Crippen LogP contribution in [0.15, 0.2) is 0 Å². The van der Waals surface area contributed by atoms with Crippen molar-refractivity contribution in [1.29, 1.82) is 0 Å². The molecule has 1 heteroatoms. The Kier molecular flexibility index (Phi) is 18.8. The third kappa shape index (κ3) is 14.9. The molecule has 0 N–H and O–H groups in total. The first-order valence-corrected chi connectivity index (χ1v) is 13.6. The summed E-state index contributed by atoms with van der Waals surface area (Å²) in [7, 11) is 0. The van der Waals surface area contributed by atoms with E-state index in [4.69, 9.17) is 0 Å². The fourth-order valence-electron chi connectivity index (χ4n) is 5.00. The van der Waals surface area contributed by atoms with E-state index in [1.165, 1.54) is 154 Å². The lowest BCUT2D eigenvalue weighted by Crippen LogP contribution is -2.37. The molecule has 1 unspecified atom stereocenters. The Hall–Kier alpha value is -0.0400. The van der Waals surface area contributed by atoms with E-state index in [1.807, 2.05) is 0 Å². The molecule has 1 aliphatic rings. The lowest BCUT2D eigenvalue weighted by Gasteiger charge is -2.32. The highest BCUT2D eigenvalue weighted by Crippen LogP contribution is 2.21. The molecule has 28 heavy (non-hydrogen) atoms. The summed E-state index contributed by atoms with van der Waals surface area (Å²) in [5.74, 6) is 0. The Morgan fingerprint density at radius 2 is 0.821 bits per heavy atom. The lowest BCUT2D eigenvalue weighted by atomic mass is 9.98. The molecule has 0 bridgehead atoms. The molecule has 0 aliphatic carbocycles. The molecule has 0 aromatic rings. The van der Waals surface area contributed by atoms with Crippen LogP contribution in [0.1, 0.15) is 155 Å². The van der Waals surface area contributed by atoms with Crippen molar-refractivity contribution in [2.45, 2.75) is 161 Å². The molecule has 1 nitrogen and oxygen atoms in total. The minimum Gasteiger partial charge on any atom is -0.300 e. The second kappa shape index (κ2) is 20.2. The zero-order valence-electron chi connectivity index (χ0n) is 20.0. The van der Waals surface area contributed by atoms with Crippen LogP contribution in [-0.4, -0.2) is 24.0 Å². The largest absolute Gasteiger partial charge is 0.300 e. The van der Waals surface area contributed by atoms with E-state index in [1.54, 1.807) is 0 Å². The van der Waals surface area contributed by atoms with E-state index in [0.717, 1.165) is 6.04 Å². The molecule has 0 saturated carbocycles. The van der Waals surface area contributed by atoms with Gasteiger partial charge in [0.2, 0.25) is 0 Å². The maximum Gasteiger partial charge on any atom is 0.00952 e. The van der Waals surface area contributed by atoms with Gasteiger partial charge >= 0.3 is 0 Å². The third-order valence-electron chi connectivity index (χ3n) is 6.94. The molecule has 168 valence electrons. The first kappa shape index (κ1) is 26.0. The van der Waals surface area contributed by atoms with Crippen LogP contribution in [0.3, 0.4) is 0 Å². The van der Waals surface area contributed by atoms with Crippen LogP contribution in [0.2, 0.25) is 0 Å². The molecule has 0 radical (unpaired) electrons. The molecule has 1 aliphatic heterocycles. The molecule has 0 spiro atoms. The number of unbranched alkanes of at least 4 members (excludes halogenated alkanes) is 9. The molecule has 1 fully saturated rings. The fraction of sp³-hybridized carbons (Fsp3) is 1.00. The third-order valence-corrected chi connectivity index (χ3v) is 6.94. The van der Waals surface area contributed by atoms with E-state index in [9.17, 15) is 0 Å². The van der Waals surface area contributed by atoms with Crippen LogP contribution in [0.25, 0.3) is 0 Å². The summed E-state index contributed by atoms with van der Waals surface area (Å²) >= 11 is 0. The second-order valence-corrected chi connectivity index (χ2v) is 9.63. The maximum absolute atomic E-state index is 2.94. The normalized spacial score (nSPS) is 19.1. The first-order chi connectivity index (χ1) is 13.9. The SMILES string of the molecule is CCCCCCCCCCC(CCCCC)N1CCCCCCCCCCC1. The quantitative estimate of drug-likeness (QED) is 0.266. The van der Waals surface area contributed by atoms with Crippen LogP contribution < -0.4 is 0 Å². The van der Waals surface area contributed by atoms with Crippen molar-refractivity contribution >= 4 is 0 Å². The van der Waals surface area contributed by atoms with Crippen molar-refractivity contribution in [3.63, 3.8) is 0 Å². The number of hydrogen-bond donors (Lipinski definition) is 0. The maximum atomic E-state index is 2.94. The van der Waals surface area contributed by atoms with Gasteiger partial charge in [-0.25, -0.2) is 0 Å². The van der Waals surface area contributed by atoms with Gasteiger partial charge in [0.1, 0.15) is 0 Å². The van der Waals surface area contributed by atoms with Gasteiger partial charge in [0.05, 0.1) is 0 Å². The zero-order valence-corrected chi connectivity index (χ0v) is 20.0. The predicted octanol–water partition coefficient (Wildman–Crippen LogP) is 9.29. The predicted molar refractivity (Wildman–Crippen MR) is 128 cm³/mol. The standard InChI is InChI=1S/C27H55N/c1-3-5-7-8-9-13-16-20-24-27(23-19-6-4-2)28-25-21-17-14-11-10-12-15-18-22-26-28/h27H,3-26H2,1-2H3. The lowest BCUT2D eigenvalue weighted by molar-refractivity contribution is 0.162. The van der Waals surface area contributed by atoms with E-state index in [2.05, 4.69) is 18.7 Å². The van der Waals surface area contributed by atoms with Gasteiger partial charge in [-0.15, -0.1) is 0 Å². The van der Waals surface area contributed by atoms with Gasteiger partial charge in [-0.1, -0.05) is 129 Å². The van der Waals surface area contributed by atoms with Gasteiger partial charge < -0.3 is 4.90 Å². The Morgan fingerprint density at radius 1 is 0.464 bits per heavy atom. The average molecular weight is 394 g/mol. The smallest absolute Gasteiger partial charge is 0.00952 e. The van der Waals surface area contributed by atoms with Gasteiger partial charge in [0.15, 0.2) is 0 Å². The number of nitrogens with zero attached hydrogens (tertiary/aromatic N) is 1. The summed E-state index contributed by atoms with van der Waals surface area (Å²) in [5.41, 5.74) is 0. The highest BCUT2D eigenvalue weighted by atomic mass is 15.1. The van der Waals surface area contributed by atoms with Gasteiger partial charge in [0, 0.05) is 6.04 Å². The fourth-order valence-corrected chi connectivity index (χ4v) is 5.00. The van der Waals surface area contributed by atoms with Crippen LogP contribution in [0.4, 0.5) is 0 Å². The van der Waals surface area contributed by atoms with Gasteiger partial charge in [-0.2, -0.15) is 0 Å².